The highest BCUT2D eigenvalue weighted by Crippen LogP contribution is 2.48. The van der Waals surface area contributed by atoms with Crippen molar-refractivity contribution in [1.82, 2.24) is 4.90 Å². The summed E-state index contributed by atoms with van der Waals surface area (Å²) < 4.78 is 0. The number of allylic oxidation sites excluding steroid dienone is 2. The summed E-state index contributed by atoms with van der Waals surface area (Å²) in [6.45, 7) is 2.17. The average molecular weight is 378 g/mol. The molecule has 0 aromatic carbocycles. The van der Waals surface area contributed by atoms with E-state index in [1.807, 2.05) is 20.2 Å². The van der Waals surface area contributed by atoms with E-state index in [9.17, 15) is 15.0 Å². The fourth-order valence-corrected chi connectivity index (χ4v) is 4.60. The minimum absolute atomic E-state index is 0.167. The molecule has 4 nitrogen and oxygen atoms in total. The van der Waals surface area contributed by atoms with Crippen molar-refractivity contribution in [2.75, 3.05) is 14.1 Å². The van der Waals surface area contributed by atoms with E-state index < -0.39 is 0 Å². The first-order valence-electron chi connectivity index (χ1n) is 10.9. The first-order chi connectivity index (χ1) is 12.9. The maximum absolute atomic E-state index is 11.6. The van der Waals surface area contributed by atoms with Crippen LogP contribution in [0.25, 0.3) is 0 Å². The standard InChI is InChI=1S/C23H39NO3/c1-4-5-6-10-19(25)12-13-20-21-15-17(14-18(21)16-22(20)26)9-7-8-11-23(27)24(2)3/h12-14,18-22,25-26H,4-11,15-16H2,1-3H3/b13-12+/t18?,19-,20+,21-,22?/m0/s1. The third kappa shape index (κ3) is 6.76. The molecule has 5 atom stereocenters. The molecule has 27 heavy (non-hydrogen) atoms. The molecule has 0 aromatic rings. The van der Waals surface area contributed by atoms with Gasteiger partial charge < -0.3 is 15.1 Å². The minimum Gasteiger partial charge on any atom is -0.392 e. The number of hydrogen-bond donors (Lipinski definition) is 2. The lowest BCUT2D eigenvalue weighted by Crippen LogP contribution is -2.21. The van der Waals surface area contributed by atoms with Crippen LogP contribution in [-0.4, -0.2) is 47.3 Å². The van der Waals surface area contributed by atoms with Crippen LogP contribution < -0.4 is 0 Å². The summed E-state index contributed by atoms with van der Waals surface area (Å²) in [6, 6.07) is 0. The maximum Gasteiger partial charge on any atom is 0.222 e. The van der Waals surface area contributed by atoms with Gasteiger partial charge in [-0.25, -0.2) is 0 Å². The van der Waals surface area contributed by atoms with Crippen LogP contribution >= 0.6 is 0 Å². The molecule has 154 valence electrons. The van der Waals surface area contributed by atoms with E-state index in [0.29, 0.717) is 18.3 Å². The molecule has 1 saturated carbocycles. The highest BCUT2D eigenvalue weighted by Gasteiger charge is 2.43. The smallest absolute Gasteiger partial charge is 0.222 e. The molecule has 1 fully saturated rings. The topological polar surface area (TPSA) is 60.8 Å². The van der Waals surface area contributed by atoms with Crippen LogP contribution in [0.5, 0.6) is 0 Å². The normalized spacial score (nSPS) is 28.4. The van der Waals surface area contributed by atoms with Crippen molar-refractivity contribution in [2.45, 2.75) is 83.3 Å². The summed E-state index contributed by atoms with van der Waals surface area (Å²) in [4.78, 5) is 13.3. The van der Waals surface area contributed by atoms with Crippen LogP contribution in [0.4, 0.5) is 0 Å². The maximum atomic E-state index is 11.6. The predicted molar refractivity (Wildman–Crippen MR) is 110 cm³/mol. The SMILES string of the molecule is CCCCC[C@H](O)/C=C/[C@H]1C(O)CC2C=C(CCCCC(=O)N(C)C)C[C@@H]21. The van der Waals surface area contributed by atoms with Crippen molar-refractivity contribution in [1.29, 1.82) is 0 Å². The Kier molecular flexibility index (Phi) is 9.04. The Morgan fingerprint density at radius 3 is 2.78 bits per heavy atom. The molecule has 2 aliphatic carbocycles. The number of carbonyl (C=O) groups is 1. The molecule has 0 aliphatic heterocycles. The Bertz CT molecular complexity index is 526. The quantitative estimate of drug-likeness (QED) is 0.421. The van der Waals surface area contributed by atoms with Crippen LogP contribution in [0.15, 0.2) is 23.8 Å². The molecule has 2 rings (SSSR count). The van der Waals surface area contributed by atoms with Crippen molar-refractivity contribution < 1.29 is 15.0 Å². The minimum atomic E-state index is -0.383. The lowest BCUT2D eigenvalue weighted by atomic mass is 9.88. The molecule has 0 radical (unpaired) electrons. The van der Waals surface area contributed by atoms with E-state index in [0.717, 1.165) is 51.4 Å². The highest BCUT2D eigenvalue weighted by atomic mass is 16.3. The Balaban J connectivity index is 1.76. The molecule has 2 unspecified atom stereocenters. The van der Waals surface area contributed by atoms with Crippen molar-refractivity contribution >= 4 is 5.91 Å². The first kappa shape index (κ1) is 22.2. The number of unbranched alkanes of at least 4 members (excludes halogenated alkanes) is 3. The molecule has 4 heteroatoms. The lowest BCUT2D eigenvalue weighted by molar-refractivity contribution is -0.128. The summed E-state index contributed by atoms with van der Waals surface area (Å²) >= 11 is 0. The van der Waals surface area contributed by atoms with Gasteiger partial charge in [0.05, 0.1) is 12.2 Å². The Morgan fingerprint density at radius 2 is 2.07 bits per heavy atom. The van der Waals surface area contributed by atoms with E-state index in [1.165, 1.54) is 12.0 Å². The third-order valence-electron chi connectivity index (χ3n) is 6.25. The molecular formula is C23H39NO3. The van der Waals surface area contributed by atoms with Crippen LogP contribution in [0.1, 0.15) is 71.1 Å². The molecule has 2 N–H and O–H groups in total. The molecule has 0 saturated heterocycles. The van der Waals surface area contributed by atoms with Gasteiger partial charge in [-0.05, 0) is 50.4 Å². The number of rotatable bonds is 11. The zero-order chi connectivity index (χ0) is 19.8. The van der Waals surface area contributed by atoms with Gasteiger partial charge in [0.15, 0.2) is 0 Å². The Hall–Kier alpha value is -1.13. The third-order valence-corrected chi connectivity index (χ3v) is 6.25. The van der Waals surface area contributed by atoms with E-state index in [-0.39, 0.29) is 24.0 Å². The van der Waals surface area contributed by atoms with E-state index in [4.69, 9.17) is 0 Å². The van der Waals surface area contributed by atoms with E-state index in [2.05, 4.69) is 19.1 Å². The fourth-order valence-electron chi connectivity index (χ4n) is 4.60. The number of fused-ring (bicyclic) bond motifs is 1. The first-order valence-corrected chi connectivity index (χ1v) is 10.9. The second-order valence-electron chi connectivity index (χ2n) is 8.68. The van der Waals surface area contributed by atoms with Crippen molar-refractivity contribution in [3.63, 3.8) is 0 Å². The van der Waals surface area contributed by atoms with Gasteiger partial charge >= 0.3 is 0 Å². The van der Waals surface area contributed by atoms with Gasteiger partial charge in [-0.2, -0.15) is 0 Å². The average Bonchev–Trinajstić information content (AvgIpc) is 3.13. The van der Waals surface area contributed by atoms with Crippen LogP contribution in [-0.2, 0) is 4.79 Å². The number of nitrogens with zero attached hydrogens (tertiary/aromatic N) is 1. The number of aliphatic hydroxyl groups excluding tert-OH is 2. The Morgan fingerprint density at radius 1 is 1.30 bits per heavy atom. The zero-order valence-corrected chi connectivity index (χ0v) is 17.4. The number of aliphatic hydroxyl groups is 2. The summed E-state index contributed by atoms with van der Waals surface area (Å²) in [5, 5.41) is 20.6. The van der Waals surface area contributed by atoms with Gasteiger partial charge in [-0.3, -0.25) is 4.79 Å². The van der Waals surface area contributed by atoms with Gasteiger partial charge in [0, 0.05) is 26.4 Å². The Labute approximate surface area is 165 Å². The predicted octanol–water partition coefficient (Wildman–Crippen LogP) is 4.08. The summed E-state index contributed by atoms with van der Waals surface area (Å²) in [5.41, 5.74) is 1.50. The van der Waals surface area contributed by atoms with Crippen LogP contribution in [0.2, 0.25) is 0 Å². The summed E-state index contributed by atoms with van der Waals surface area (Å²) in [5.74, 6) is 1.33. The molecule has 0 heterocycles. The molecular weight excluding hydrogens is 338 g/mol. The van der Waals surface area contributed by atoms with Crippen LogP contribution in [0, 0.1) is 17.8 Å². The van der Waals surface area contributed by atoms with E-state index in [1.54, 1.807) is 4.90 Å². The number of amides is 1. The second-order valence-corrected chi connectivity index (χ2v) is 8.68. The van der Waals surface area contributed by atoms with Gasteiger partial charge in [0.2, 0.25) is 5.91 Å². The molecule has 0 bridgehead atoms. The van der Waals surface area contributed by atoms with Crippen molar-refractivity contribution in [3.8, 4) is 0 Å². The summed E-state index contributed by atoms with van der Waals surface area (Å²) in [7, 11) is 3.62. The van der Waals surface area contributed by atoms with Gasteiger partial charge in [-0.15, -0.1) is 0 Å². The van der Waals surface area contributed by atoms with Crippen LogP contribution in [0.3, 0.4) is 0 Å². The molecule has 0 aromatic heterocycles. The van der Waals surface area contributed by atoms with E-state index >= 15 is 0 Å². The molecule has 2 aliphatic rings. The molecule has 0 spiro atoms. The molecule has 1 amide bonds. The highest BCUT2D eigenvalue weighted by molar-refractivity contribution is 5.75. The van der Waals surface area contributed by atoms with Gasteiger partial charge in [0.1, 0.15) is 0 Å². The van der Waals surface area contributed by atoms with Crippen molar-refractivity contribution in [2.24, 2.45) is 17.8 Å². The lowest BCUT2D eigenvalue weighted by Gasteiger charge is -2.19. The number of hydrogen-bond acceptors (Lipinski definition) is 3. The second kappa shape index (κ2) is 11.0. The number of carbonyl (C=O) groups excluding carboxylic acids is 1. The summed E-state index contributed by atoms with van der Waals surface area (Å²) in [6.07, 6.45) is 15.5. The van der Waals surface area contributed by atoms with Gasteiger partial charge in [0.25, 0.3) is 0 Å². The largest absolute Gasteiger partial charge is 0.392 e. The zero-order valence-electron chi connectivity index (χ0n) is 17.4. The fraction of sp³-hybridized carbons (Fsp3) is 0.783. The van der Waals surface area contributed by atoms with Crippen molar-refractivity contribution in [3.05, 3.63) is 23.8 Å². The monoisotopic (exact) mass is 377 g/mol. The van der Waals surface area contributed by atoms with Gasteiger partial charge in [-0.1, -0.05) is 50.0 Å².